The largest absolute Gasteiger partial charge is 0.507 e. The van der Waals surface area contributed by atoms with Crippen molar-refractivity contribution in [1.29, 1.82) is 0 Å². The van der Waals surface area contributed by atoms with E-state index in [4.69, 9.17) is 0 Å². The van der Waals surface area contributed by atoms with E-state index in [1.807, 2.05) is 27.7 Å². The van der Waals surface area contributed by atoms with Crippen LogP contribution in [0.15, 0.2) is 24.3 Å². The van der Waals surface area contributed by atoms with Crippen LogP contribution in [-0.2, 0) is 5.41 Å². The molecule has 0 aromatic heterocycles. The summed E-state index contributed by atoms with van der Waals surface area (Å²) in [4.78, 5) is 0. The van der Waals surface area contributed by atoms with E-state index >= 15 is 0 Å². The van der Waals surface area contributed by atoms with E-state index < -0.39 is 0 Å². The second-order valence-electron chi connectivity index (χ2n) is 8.06. The molecule has 2 aromatic carbocycles. The number of phenolic OH excluding ortho intramolecular Hbond substituents is 2. The summed E-state index contributed by atoms with van der Waals surface area (Å²) < 4.78 is 0. The minimum absolute atomic E-state index is 0.139. The summed E-state index contributed by atoms with van der Waals surface area (Å²) in [6.45, 7) is 12.4. The van der Waals surface area contributed by atoms with Crippen molar-refractivity contribution in [2.24, 2.45) is 0 Å². The maximum absolute atomic E-state index is 10.2. The van der Waals surface area contributed by atoms with Gasteiger partial charge in [-0.05, 0) is 67.5 Å². The first kappa shape index (κ1) is 20.4. The lowest BCUT2D eigenvalue weighted by atomic mass is 9.71. The molecule has 0 spiro atoms. The molecule has 2 aromatic rings. The number of hydrogen-bond donors (Lipinski definition) is 2. The van der Waals surface area contributed by atoms with E-state index in [1.165, 1.54) is 36.8 Å². The Balaban J connectivity index is 2.56. The number of phenols is 2. The average Bonchev–Trinajstić information content (AvgIpc) is 2.60. The predicted octanol–water partition coefficient (Wildman–Crippen LogP) is 6.61. The summed E-state index contributed by atoms with van der Waals surface area (Å²) in [6, 6.07) is 8.50. The Bertz CT molecular complexity index is 670. The average molecular weight is 355 g/mol. The second kappa shape index (κ2) is 8.16. The van der Waals surface area contributed by atoms with E-state index in [1.54, 1.807) is 0 Å². The minimum Gasteiger partial charge on any atom is -0.507 e. The van der Waals surface area contributed by atoms with Gasteiger partial charge >= 0.3 is 0 Å². The summed E-state index contributed by atoms with van der Waals surface area (Å²) >= 11 is 0. The zero-order chi connectivity index (χ0) is 19.5. The molecule has 0 unspecified atom stereocenters. The van der Waals surface area contributed by atoms with Gasteiger partial charge in [0.25, 0.3) is 0 Å². The van der Waals surface area contributed by atoms with Gasteiger partial charge in [-0.1, -0.05) is 63.8 Å². The van der Waals surface area contributed by atoms with Gasteiger partial charge in [0.2, 0.25) is 0 Å². The van der Waals surface area contributed by atoms with Crippen molar-refractivity contribution in [1.82, 2.24) is 0 Å². The summed E-state index contributed by atoms with van der Waals surface area (Å²) in [5.74, 6) is 0.778. The molecule has 26 heavy (non-hydrogen) atoms. The lowest BCUT2D eigenvalue weighted by Gasteiger charge is -2.33. The molecule has 2 N–H and O–H groups in total. The predicted molar refractivity (Wildman–Crippen MR) is 110 cm³/mol. The topological polar surface area (TPSA) is 40.5 Å². The van der Waals surface area contributed by atoms with Gasteiger partial charge in [0.15, 0.2) is 0 Å². The Hall–Kier alpha value is -1.96. The smallest absolute Gasteiger partial charge is 0.121 e. The maximum atomic E-state index is 10.2. The summed E-state index contributed by atoms with van der Waals surface area (Å²) in [7, 11) is 0. The van der Waals surface area contributed by atoms with Gasteiger partial charge in [0.05, 0.1) is 0 Å². The van der Waals surface area contributed by atoms with Crippen molar-refractivity contribution in [2.45, 2.75) is 79.1 Å². The Kier molecular flexibility index (Phi) is 6.39. The number of unbranched alkanes of at least 4 members (excludes halogenated alkanes) is 3. The first-order chi connectivity index (χ1) is 12.2. The molecule has 0 fully saturated rings. The van der Waals surface area contributed by atoms with Gasteiger partial charge in [-0.2, -0.15) is 0 Å². The standard InChI is InChI=1S/C24H34O2/c1-7-8-9-10-11-24(6,20-12-16(2)22(25)17(3)13-20)21-14-18(4)23(26)19(5)15-21/h12-15,25-26H,7-11H2,1-6H3. The molecule has 0 aliphatic heterocycles. The van der Waals surface area contributed by atoms with Crippen molar-refractivity contribution in [3.8, 4) is 11.5 Å². The molecule has 0 aliphatic carbocycles. The second-order valence-corrected chi connectivity index (χ2v) is 8.06. The zero-order valence-corrected chi connectivity index (χ0v) is 17.2. The van der Waals surface area contributed by atoms with Crippen LogP contribution >= 0.6 is 0 Å². The maximum Gasteiger partial charge on any atom is 0.121 e. The van der Waals surface area contributed by atoms with Gasteiger partial charge in [0.1, 0.15) is 11.5 Å². The molecule has 0 aliphatic rings. The number of rotatable bonds is 7. The van der Waals surface area contributed by atoms with Crippen LogP contribution in [0.2, 0.25) is 0 Å². The fourth-order valence-electron chi connectivity index (χ4n) is 3.91. The SMILES string of the molecule is CCCCCCC(C)(c1cc(C)c(O)c(C)c1)c1cc(C)c(O)c(C)c1. The highest BCUT2D eigenvalue weighted by molar-refractivity contribution is 5.51. The van der Waals surface area contributed by atoms with Crippen molar-refractivity contribution in [3.05, 3.63) is 57.6 Å². The molecule has 0 amide bonds. The third-order valence-corrected chi connectivity index (χ3v) is 5.79. The Morgan fingerprint density at radius 2 is 1.08 bits per heavy atom. The highest BCUT2D eigenvalue weighted by atomic mass is 16.3. The van der Waals surface area contributed by atoms with Crippen molar-refractivity contribution in [3.63, 3.8) is 0 Å². The molecule has 0 bridgehead atoms. The first-order valence-electron chi connectivity index (χ1n) is 9.82. The molecular weight excluding hydrogens is 320 g/mol. The van der Waals surface area contributed by atoms with Crippen molar-refractivity contribution < 1.29 is 10.2 Å². The van der Waals surface area contributed by atoms with E-state index in [0.29, 0.717) is 11.5 Å². The van der Waals surface area contributed by atoms with Crippen LogP contribution in [0.4, 0.5) is 0 Å². The molecule has 2 heteroatoms. The van der Waals surface area contributed by atoms with E-state index in [0.717, 1.165) is 28.7 Å². The van der Waals surface area contributed by atoms with Crippen LogP contribution in [0.5, 0.6) is 11.5 Å². The van der Waals surface area contributed by atoms with Gasteiger partial charge in [-0.3, -0.25) is 0 Å². The first-order valence-corrected chi connectivity index (χ1v) is 9.82. The summed E-state index contributed by atoms with van der Waals surface area (Å²) in [5.41, 5.74) is 6.04. The molecule has 2 nitrogen and oxygen atoms in total. The molecule has 142 valence electrons. The third kappa shape index (κ3) is 4.06. The molecule has 0 saturated carbocycles. The number of aromatic hydroxyl groups is 2. The van der Waals surface area contributed by atoms with Crippen LogP contribution in [0, 0.1) is 27.7 Å². The van der Waals surface area contributed by atoms with Crippen LogP contribution in [0.1, 0.15) is 79.3 Å². The molecule has 2 rings (SSSR count). The lowest BCUT2D eigenvalue weighted by Crippen LogP contribution is -2.24. The Morgan fingerprint density at radius 3 is 1.42 bits per heavy atom. The fraction of sp³-hybridized carbons (Fsp3) is 0.500. The molecule has 0 saturated heterocycles. The Labute approximate surface area is 158 Å². The van der Waals surface area contributed by atoms with Gasteiger partial charge in [-0.15, -0.1) is 0 Å². The van der Waals surface area contributed by atoms with E-state index in [2.05, 4.69) is 38.1 Å². The number of benzene rings is 2. The van der Waals surface area contributed by atoms with Crippen LogP contribution < -0.4 is 0 Å². The number of hydrogen-bond acceptors (Lipinski definition) is 2. The van der Waals surface area contributed by atoms with Crippen LogP contribution in [-0.4, -0.2) is 10.2 Å². The molecule has 0 atom stereocenters. The third-order valence-electron chi connectivity index (χ3n) is 5.79. The highest BCUT2D eigenvalue weighted by Gasteiger charge is 2.30. The molecule has 0 heterocycles. The summed E-state index contributed by atoms with van der Waals surface area (Å²) in [5, 5.41) is 20.4. The van der Waals surface area contributed by atoms with Crippen LogP contribution in [0.3, 0.4) is 0 Å². The number of aryl methyl sites for hydroxylation is 4. The van der Waals surface area contributed by atoms with Crippen molar-refractivity contribution in [2.75, 3.05) is 0 Å². The summed E-state index contributed by atoms with van der Waals surface area (Å²) in [6.07, 6.45) is 5.95. The Morgan fingerprint density at radius 1 is 0.692 bits per heavy atom. The quantitative estimate of drug-likeness (QED) is 0.549. The molecular formula is C24H34O2. The molecule has 0 radical (unpaired) electrons. The van der Waals surface area contributed by atoms with Gasteiger partial charge in [-0.25, -0.2) is 0 Å². The highest BCUT2D eigenvalue weighted by Crippen LogP contribution is 2.41. The van der Waals surface area contributed by atoms with Crippen molar-refractivity contribution >= 4 is 0 Å². The van der Waals surface area contributed by atoms with Crippen LogP contribution in [0.25, 0.3) is 0 Å². The normalized spacial score (nSPS) is 11.8. The lowest BCUT2D eigenvalue weighted by molar-refractivity contribution is 0.455. The van der Waals surface area contributed by atoms with E-state index in [9.17, 15) is 10.2 Å². The fourth-order valence-corrected chi connectivity index (χ4v) is 3.91. The minimum atomic E-state index is -0.139. The van der Waals surface area contributed by atoms with E-state index in [-0.39, 0.29) is 5.41 Å². The van der Waals surface area contributed by atoms with Gasteiger partial charge in [0, 0.05) is 5.41 Å². The zero-order valence-electron chi connectivity index (χ0n) is 17.2. The monoisotopic (exact) mass is 354 g/mol. The van der Waals surface area contributed by atoms with Gasteiger partial charge < -0.3 is 10.2 Å².